The molecule has 0 amide bonds. The van der Waals surface area contributed by atoms with Gasteiger partial charge in [-0.05, 0) is 40.6 Å². The zero-order valence-electron chi connectivity index (χ0n) is 29.6. The molecule has 3 aromatic heterocycles. The first-order chi connectivity index (χ1) is 27.3. The quantitative estimate of drug-likeness (QED) is 0.168. The summed E-state index contributed by atoms with van der Waals surface area (Å²) in [7, 11) is 0. The van der Waals surface area contributed by atoms with Gasteiger partial charge in [-0.2, -0.15) is 0 Å². The minimum absolute atomic E-state index is 0.687. The Bertz CT molecular complexity index is 3190. The van der Waals surface area contributed by atoms with Gasteiger partial charge in [0.05, 0.1) is 22.6 Å². The normalized spacial score (nSPS) is 11.6. The zero-order valence-corrected chi connectivity index (χ0v) is 29.6. The molecule has 0 saturated heterocycles. The van der Waals surface area contributed by atoms with Crippen molar-refractivity contribution >= 4 is 54.4 Å². The van der Waals surface area contributed by atoms with Crippen LogP contribution in [0, 0.1) is 0 Å². The van der Waals surface area contributed by atoms with E-state index in [4.69, 9.17) is 19.4 Å². The largest absolute Gasteiger partial charge is 0.455 e. The van der Waals surface area contributed by atoms with Crippen molar-refractivity contribution in [2.45, 2.75) is 0 Å². The molecular formula is C51H31N3O. The second-order valence-corrected chi connectivity index (χ2v) is 13.9. The monoisotopic (exact) mass is 701 g/mol. The summed E-state index contributed by atoms with van der Waals surface area (Å²) >= 11 is 0. The van der Waals surface area contributed by atoms with Gasteiger partial charge >= 0.3 is 0 Å². The number of benzene rings is 8. The highest BCUT2D eigenvalue weighted by molar-refractivity contribution is 6.24. The summed E-state index contributed by atoms with van der Waals surface area (Å²) in [5.41, 5.74) is 11.3. The average molecular weight is 702 g/mol. The van der Waals surface area contributed by atoms with E-state index in [9.17, 15) is 0 Å². The van der Waals surface area contributed by atoms with Gasteiger partial charge in [-0.3, -0.25) is 0 Å². The van der Waals surface area contributed by atoms with Crippen LogP contribution in [0.5, 0.6) is 0 Å². The lowest BCUT2D eigenvalue weighted by molar-refractivity contribution is 0.673. The number of aromatic nitrogens is 3. The number of para-hydroxylation sites is 2. The van der Waals surface area contributed by atoms with Crippen LogP contribution < -0.4 is 0 Å². The van der Waals surface area contributed by atoms with E-state index in [2.05, 4.69) is 158 Å². The van der Waals surface area contributed by atoms with E-state index < -0.39 is 0 Å². The van der Waals surface area contributed by atoms with Crippen LogP contribution in [0.15, 0.2) is 192 Å². The highest BCUT2D eigenvalue weighted by Gasteiger charge is 2.23. The fourth-order valence-electron chi connectivity index (χ4n) is 8.14. The Hall–Kier alpha value is -7.43. The summed E-state index contributed by atoms with van der Waals surface area (Å²) in [6.45, 7) is 0. The number of fused-ring (bicyclic) bond motifs is 8. The molecule has 3 heterocycles. The molecule has 4 heteroatoms. The summed E-state index contributed by atoms with van der Waals surface area (Å²) in [6.07, 6.45) is 0. The number of nitrogens with zero attached hydrogens (tertiary/aromatic N) is 3. The molecule has 0 aliphatic rings. The molecule has 0 atom stereocenters. The van der Waals surface area contributed by atoms with E-state index in [0.29, 0.717) is 5.82 Å². The molecule has 0 aliphatic carbocycles. The molecule has 0 saturated carbocycles. The Labute approximate surface area is 317 Å². The van der Waals surface area contributed by atoms with Gasteiger partial charge in [0.1, 0.15) is 11.2 Å². The first-order valence-corrected chi connectivity index (χ1v) is 18.5. The lowest BCUT2D eigenvalue weighted by Gasteiger charge is -2.18. The smallest absolute Gasteiger partial charge is 0.161 e. The van der Waals surface area contributed by atoms with Crippen LogP contribution in [-0.4, -0.2) is 15.0 Å². The zero-order chi connectivity index (χ0) is 36.3. The van der Waals surface area contributed by atoms with Crippen molar-refractivity contribution in [3.05, 3.63) is 188 Å². The van der Waals surface area contributed by atoms with E-state index in [1.807, 2.05) is 30.3 Å². The summed E-state index contributed by atoms with van der Waals surface area (Å²) in [6, 6.07) is 65.4. The van der Waals surface area contributed by atoms with Crippen LogP contribution in [-0.2, 0) is 0 Å². The van der Waals surface area contributed by atoms with Gasteiger partial charge in [-0.15, -0.1) is 0 Å². The van der Waals surface area contributed by atoms with Crippen LogP contribution in [0.3, 0.4) is 0 Å². The first-order valence-electron chi connectivity index (χ1n) is 18.5. The molecule has 8 aromatic carbocycles. The first kappa shape index (κ1) is 31.1. The second-order valence-electron chi connectivity index (χ2n) is 13.9. The molecule has 11 rings (SSSR count). The summed E-state index contributed by atoms with van der Waals surface area (Å²) in [5.74, 6) is 0.687. The predicted molar refractivity (Wildman–Crippen MR) is 227 cm³/mol. The Morgan fingerprint density at radius 1 is 0.364 bits per heavy atom. The highest BCUT2D eigenvalue weighted by Crippen LogP contribution is 2.44. The van der Waals surface area contributed by atoms with E-state index in [-0.39, 0.29) is 0 Å². The van der Waals surface area contributed by atoms with E-state index >= 15 is 0 Å². The average Bonchev–Trinajstić information content (AvgIpc) is 3.65. The Morgan fingerprint density at radius 3 is 1.73 bits per heavy atom. The second kappa shape index (κ2) is 12.6. The lowest BCUT2D eigenvalue weighted by atomic mass is 9.91. The van der Waals surface area contributed by atoms with Crippen molar-refractivity contribution < 1.29 is 4.42 Å². The third kappa shape index (κ3) is 5.11. The molecule has 0 N–H and O–H groups in total. The van der Waals surface area contributed by atoms with Gasteiger partial charge in [-0.25, -0.2) is 15.0 Å². The lowest BCUT2D eigenvalue weighted by Crippen LogP contribution is -2.01. The molecule has 11 aromatic rings. The molecule has 0 spiro atoms. The van der Waals surface area contributed by atoms with Crippen LogP contribution >= 0.6 is 0 Å². The van der Waals surface area contributed by atoms with Crippen LogP contribution in [0.25, 0.3) is 111 Å². The third-order valence-corrected chi connectivity index (χ3v) is 10.7. The van der Waals surface area contributed by atoms with E-state index in [0.717, 1.165) is 105 Å². The molecule has 0 fully saturated rings. The van der Waals surface area contributed by atoms with Crippen molar-refractivity contribution in [3.63, 3.8) is 0 Å². The fraction of sp³-hybridized carbons (Fsp3) is 0. The minimum atomic E-state index is 0.687. The van der Waals surface area contributed by atoms with Crippen molar-refractivity contribution in [2.24, 2.45) is 0 Å². The van der Waals surface area contributed by atoms with E-state index in [1.165, 1.54) is 0 Å². The topological polar surface area (TPSA) is 51.8 Å². The van der Waals surface area contributed by atoms with Crippen molar-refractivity contribution in [3.8, 4) is 56.3 Å². The maximum absolute atomic E-state index is 6.62. The van der Waals surface area contributed by atoms with Crippen molar-refractivity contribution in [1.82, 2.24) is 15.0 Å². The summed E-state index contributed by atoms with van der Waals surface area (Å²) in [4.78, 5) is 16.2. The minimum Gasteiger partial charge on any atom is -0.455 e. The van der Waals surface area contributed by atoms with Gasteiger partial charge in [0.15, 0.2) is 5.82 Å². The van der Waals surface area contributed by atoms with Crippen LogP contribution in [0.4, 0.5) is 0 Å². The van der Waals surface area contributed by atoms with E-state index in [1.54, 1.807) is 0 Å². The number of furan rings is 1. The van der Waals surface area contributed by atoms with Crippen LogP contribution in [0.2, 0.25) is 0 Å². The molecule has 55 heavy (non-hydrogen) atoms. The molecule has 0 unspecified atom stereocenters. The Kier molecular flexibility index (Phi) is 7.14. The molecule has 0 aliphatic heterocycles. The predicted octanol–water partition coefficient (Wildman–Crippen LogP) is 13.6. The summed E-state index contributed by atoms with van der Waals surface area (Å²) in [5, 5.41) is 7.65. The van der Waals surface area contributed by atoms with Crippen molar-refractivity contribution in [1.29, 1.82) is 0 Å². The maximum Gasteiger partial charge on any atom is 0.161 e. The van der Waals surface area contributed by atoms with Gasteiger partial charge < -0.3 is 4.42 Å². The maximum atomic E-state index is 6.62. The fourth-order valence-corrected chi connectivity index (χ4v) is 8.14. The number of pyridine rings is 1. The van der Waals surface area contributed by atoms with Gasteiger partial charge in [0, 0.05) is 54.7 Å². The number of hydrogen-bond acceptors (Lipinski definition) is 4. The van der Waals surface area contributed by atoms with Gasteiger partial charge in [0.25, 0.3) is 0 Å². The summed E-state index contributed by atoms with van der Waals surface area (Å²) < 4.78 is 6.62. The molecular weight excluding hydrogens is 671 g/mol. The molecule has 0 radical (unpaired) electrons. The molecule has 256 valence electrons. The Morgan fingerprint density at radius 2 is 0.945 bits per heavy atom. The third-order valence-electron chi connectivity index (χ3n) is 10.7. The standard InChI is InChI=1S/C51H31N3O/c1-3-16-33(17-4-1)48-45(49(34-18-5-2-6-19-34)54-51(53-48)40-26-14-20-32-15-7-8-23-37(32)40)35-21-13-22-36(31-35)47-42-30-29-39-38-24-10-12-28-44(38)55-50(39)46(42)41-25-9-11-27-43(41)52-47/h1-31H. The SMILES string of the molecule is c1ccc(-c2nc(-c3cccc4ccccc34)nc(-c3ccccc3)c2-c2cccc(-c3nc4ccccc4c4c3ccc3c5ccccc5oc34)c2)cc1. The molecule has 4 nitrogen and oxygen atoms in total. The van der Waals surface area contributed by atoms with Crippen LogP contribution in [0.1, 0.15) is 0 Å². The number of hydrogen-bond donors (Lipinski definition) is 0. The Balaban J connectivity index is 1.20. The molecule has 0 bridgehead atoms. The van der Waals surface area contributed by atoms with Gasteiger partial charge in [0.2, 0.25) is 0 Å². The number of rotatable bonds is 5. The van der Waals surface area contributed by atoms with Crippen molar-refractivity contribution in [2.75, 3.05) is 0 Å². The van der Waals surface area contributed by atoms with Gasteiger partial charge in [-0.1, -0.05) is 164 Å². The highest BCUT2D eigenvalue weighted by atomic mass is 16.3.